The number of fused-ring (bicyclic) bond motifs is 1. The van der Waals surface area contributed by atoms with Crippen LogP contribution in [0.5, 0.6) is 5.75 Å². The summed E-state index contributed by atoms with van der Waals surface area (Å²) in [5.41, 5.74) is 1.00. The second-order valence-corrected chi connectivity index (χ2v) is 4.40. The quantitative estimate of drug-likeness (QED) is 0.746. The van der Waals surface area contributed by atoms with Crippen molar-refractivity contribution in [2.24, 2.45) is 0 Å². The first-order valence-corrected chi connectivity index (χ1v) is 6.53. The Hall–Kier alpha value is -1.55. The van der Waals surface area contributed by atoms with Crippen LogP contribution in [0.3, 0.4) is 0 Å². The van der Waals surface area contributed by atoms with Crippen LogP contribution < -0.4 is 15.4 Å². The molecule has 1 unspecified atom stereocenters. The van der Waals surface area contributed by atoms with E-state index in [1.807, 2.05) is 24.3 Å². The summed E-state index contributed by atoms with van der Waals surface area (Å²) >= 11 is 0. The van der Waals surface area contributed by atoms with Gasteiger partial charge in [0, 0.05) is 12.1 Å². The summed E-state index contributed by atoms with van der Waals surface area (Å²) in [5.74, 6) is 0.752. The molecule has 0 aliphatic carbocycles. The molecule has 4 nitrogen and oxygen atoms in total. The van der Waals surface area contributed by atoms with Crippen molar-refractivity contribution in [3.05, 3.63) is 29.8 Å². The molecule has 1 aliphatic heterocycles. The zero-order valence-corrected chi connectivity index (χ0v) is 10.7. The van der Waals surface area contributed by atoms with Gasteiger partial charge in [-0.3, -0.25) is 4.79 Å². The van der Waals surface area contributed by atoms with Crippen molar-refractivity contribution in [1.29, 1.82) is 0 Å². The Morgan fingerprint density at radius 1 is 1.39 bits per heavy atom. The molecule has 0 spiro atoms. The van der Waals surface area contributed by atoms with Gasteiger partial charge in [-0.15, -0.1) is 0 Å². The molecule has 1 amide bonds. The van der Waals surface area contributed by atoms with Crippen molar-refractivity contribution in [3.63, 3.8) is 0 Å². The number of benzene rings is 1. The largest absolute Gasteiger partial charge is 0.492 e. The van der Waals surface area contributed by atoms with Crippen molar-refractivity contribution in [3.8, 4) is 5.75 Å². The molecule has 1 heterocycles. The van der Waals surface area contributed by atoms with E-state index in [-0.39, 0.29) is 11.8 Å². The lowest BCUT2D eigenvalue weighted by Crippen LogP contribution is -2.32. The molecule has 0 radical (unpaired) electrons. The van der Waals surface area contributed by atoms with Crippen molar-refractivity contribution >= 4 is 5.91 Å². The summed E-state index contributed by atoms with van der Waals surface area (Å²) in [4.78, 5) is 12.0. The van der Waals surface area contributed by atoms with Crippen LogP contribution in [0.2, 0.25) is 0 Å². The first-order valence-electron chi connectivity index (χ1n) is 6.53. The predicted molar refractivity (Wildman–Crippen MR) is 70.8 cm³/mol. The fraction of sp³-hybridized carbons (Fsp3) is 0.500. The van der Waals surface area contributed by atoms with Crippen LogP contribution in [-0.2, 0) is 4.79 Å². The zero-order valence-electron chi connectivity index (χ0n) is 10.7. The number of hydrogen-bond donors (Lipinski definition) is 2. The van der Waals surface area contributed by atoms with Gasteiger partial charge in [0.25, 0.3) is 0 Å². The lowest BCUT2D eigenvalue weighted by molar-refractivity contribution is -0.122. The molecular formula is C14H20N2O2. The van der Waals surface area contributed by atoms with Gasteiger partial charge in [-0.25, -0.2) is 0 Å². The van der Waals surface area contributed by atoms with Crippen molar-refractivity contribution in [2.45, 2.75) is 19.3 Å². The predicted octanol–water partition coefficient (Wildman–Crippen LogP) is 1.28. The van der Waals surface area contributed by atoms with Crippen molar-refractivity contribution in [2.75, 3.05) is 26.2 Å². The minimum Gasteiger partial charge on any atom is -0.492 e. The highest BCUT2D eigenvalue weighted by Crippen LogP contribution is 2.33. The van der Waals surface area contributed by atoms with E-state index in [0.29, 0.717) is 13.2 Å². The summed E-state index contributed by atoms with van der Waals surface area (Å²) in [5, 5.41) is 6.20. The van der Waals surface area contributed by atoms with Gasteiger partial charge in [0.1, 0.15) is 18.3 Å². The Morgan fingerprint density at radius 2 is 2.22 bits per heavy atom. The average molecular weight is 248 g/mol. The number of rotatable bonds is 6. The Labute approximate surface area is 108 Å². The maximum atomic E-state index is 12.0. The van der Waals surface area contributed by atoms with Gasteiger partial charge in [-0.1, -0.05) is 25.1 Å². The molecule has 2 N–H and O–H groups in total. The summed E-state index contributed by atoms with van der Waals surface area (Å²) in [6.45, 7) is 5.15. The van der Waals surface area contributed by atoms with Crippen LogP contribution in [0.25, 0.3) is 0 Å². The Balaban J connectivity index is 1.80. The number of nitrogens with one attached hydrogen (secondary N) is 2. The second-order valence-electron chi connectivity index (χ2n) is 4.40. The number of hydrogen-bond acceptors (Lipinski definition) is 3. The normalized spacial score (nSPS) is 17.1. The molecule has 0 saturated heterocycles. The molecule has 98 valence electrons. The van der Waals surface area contributed by atoms with Crippen LogP contribution in [0.15, 0.2) is 24.3 Å². The van der Waals surface area contributed by atoms with Gasteiger partial charge in [-0.2, -0.15) is 0 Å². The van der Waals surface area contributed by atoms with Crippen LogP contribution in [0.1, 0.15) is 24.8 Å². The Kier molecular flexibility index (Phi) is 4.59. The van der Waals surface area contributed by atoms with E-state index < -0.39 is 0 Å². The maximum Gasteiger partial charge on any atom is 0.231 e. The van der Waals surface area contributed by atoms with E-state index in [1.165, 1.54) is 0 Å². The van der Waals surface area contributed by atoms with Gasteiger partial charge in [0.15, 0.2) is 0 Å². The lowest BCUT2D eigenvalue weighted by atomic mass is 10.0. The van der Waals surface area contributed by atoms with Gasteiger partial charge >= 0.3 is 0 Å². The Morgan fingerprint density at radius 3 is 3.06 bits per heavy atom. The maximum absolute atomic E-state index is 12.0. The van der Waals surface area contributed by atoms with E-state index in [9.17, 15) is 4.79 Å². The fourth-order valence-electron chi connectivity index (χ4n) is 2.10. The minimum atomic E-state index is -0.152. The van der Waals surface area contributed by atoms with Crippen LogP contribution in [0, 0.1) is 0 Å². The fourth-order valence-corrected chi connectivity index (χ4v) is 2.10. The number of amides is 1. The van der Waals surface area contributed by atoms with Gasteiger partial charge in [-0.05, 0) is 25.6 Å². The summed E-state index contributed by atoms with van der Waals surface area (Å²) in [6, 6.07) is 7.74. The molecule has 0 aromatic heterocycles. The molecule has 4 heteroatoms. The monoisotopic (exact) mass is 248 g/mol. The third-order valence-electron chi connectivity index (χ3n) is 3.10. The van der Waals surface area contributed by atoms with Gasteiger partial charge in [0.2, 0.25) is 5.91 Å². The standard InChI is InChI=1S/C14H20N2O2/c1-2-15-8-5-9-16-14(17)12-10-18-13-7-4-3-6-11(12)13/h3-4,6-7,12,15H,2,5,8-10H2,1H3,(H,16,17). The zero-order chi connectivity index (χ0) is 12.8. The molecule has 2 rings (SSSR count). The first-order chi connectivity index (χ1) is 8.83. The van der Waals surface area contributed by atoms with Crippen LogP contribution in [0.4, 0.5) is 0 Å². The minimum absolute atomic E-state index is 0.0662. The molecule has 18 heavy (non-hydrogen) atoms. The smallest absolute Gasteiger partial charge is 0.231 e. The van der Waals surface area contributed by atoms with Gasteiger partial charge in [0.05, 0.1) is 0 Å². The molecule has 1 aliphatic rings. The molecule has 1 aromatic carbocycles. The van der Waals surface area contributed by atoms with Crippen LogP contribution >= 0.6 is 0 Å². The van der Waals surface area contributed by atoms with Crippen LogP contribution in [-0.4, -0.2) is 32.1 Å². The highest BCUT2D eigenvalue weighted by atomic mass is 16.5. The number of ether oxygens (including phenoxy) is 1. The second kappa shape index (κ2) is 6.40. The highest BCUT2D eigenvalue weighted by Gasteiger charge is 2.29. The number of para-hydroxylation sites is 1. The summed E-state index contributed by atoms with van der Waals surface area (Å²) < 4.78 is 5.50. The first kappa shape index (κ1) is 12.9. The van der Waals surface area contributed by atoms with Crippen molar-refractivity contribution < 1.29 is 9.53 Å². The van der Waals surface area contributed by atoms with E-state index in [1.54, 1.807) is 0 Å². The molecule has 1 atom stereocenters. The highest BCUT2D eigenvalue weighted by molar-refractivity contribution is 5.85. The van der Waals surface area contributed by atoms with E-state index in [2.05, 4.69) is 17.6 Å². The molecule has 1 aromatic rings. The third-order valence-corrected chi connectivity index (χ3v) is 3.10. The van der Waals surface area contributed by atoms with E-state index in [0.717, 1.165) is 30.8 Å². The molecular weight excluding hydrogens is 228 g/mol. The molecule has 0 fully saturated rings. The molecule has 0 saturated carbocycles. The van der Waals surface area contributed by atoms with E-state index in [4.69, 9.17) is 4.74 Å². The van der Waals surface area contributed by atoms with Gasteiger partial charge < -0.3 is 15.4 Å². The van der Waals surface area contributed by atoms with E-state index >= 15 is 0 Å². The Bertz CT molecular complexity index is 407. The average Bonchev–Trinajstić information content (AvgIpc) is 2.82. The lowest BCUT2D eigenvalue weighted by Gasteiger charge is -2.10. The summed E-state index contributed by atoms with van der Waals surface area (Å²) in [7, 11) is 0. The van der Waals surface area contributed by atoms with Crippen molar-refractivity contribution in [1.82, 2.24) is 10.6 Å². The number of carbonyl (C=O) groups excluding carboxylic acids is 1. The molecule has 0 bridgehead atoms. The summed E-state index contributed by atoms with van der Waals surface area (Å²) in [6.07, 6.45) is 0.953. The topological polar surface area (TPSA) is 50.4 Å². The number of carbonyl (C=O) groups is 1. The third kappa shape index (κ3) is 3.01. The SMILES string of the molecule is CCNCCCNC(=O)C1COc2ccccc21.